The van der Waals surface area contributed by atoms with Crippen LogP contribution >= 0.6 is 0 Å². The van der Waals surface area contributed by atoms with Crippen LogP contribution in [0.4, 0.5) is 11.4 Å². The van der Waals surface area contributed by atoms with Crippen LogP contribution in [0.2, 0.25) is 0 Å². The van der Waals surface area contributed by atoms with E-state index in [1.165, 1.54) is 12.1 Å². The Morgan fingerprint density at radius 2 is 1.52 bits per heavy atom. The molecule has 13 heteroatoms. The number of carboxylic acid groups (broad SMARTS) is 2. The van der Waals surface area contributed by atoms with Crippen molar-refractivity contribution in [3.05, 3.63) is 101 Å². The van der Waals surface area contributed by atoms with Gasteiger partial charge in [-0.3, -0.25) is 10.4 Å². The van der Waals surface area contributed by atoms with E-state index in [2.05, 4.69) is 10.6 Å². The fraction of sp³-hybridized carbons (Fsp3) is 0.182. The van der Waals surface area contributed by atoms with Gasteiger partial charge in [0.15, 0.2) is 5.96 Å². The normalized spacial score (nSPS) is 11.5. The molecule has 1 aliphatic carbocycles. The molecule has 2 aliphatic rings. The van der Waals surface area contributed by atoms with E-state index in [0.717, 1.165) is 22.4 Å². The van der Waals surface area contributed by atoms with Gasteiger partial charge in [-0.25, -0.2) is 14.6 Å². The lowest BCUT2D eigenvalue weighted by atomic mass is 10.1. The molecule has 0 fully saturated rings. The summed E-state index contributed by atoms with van der Waals surface area (Å²) in [7, 11) is 0. The zero-order valence-electron chi connectivity index (χ0n) is 24.8. The number of ether oxygens (including phenoxy) is 2. The van der Waals surface area contributed by atoms with Crippen LogP contribution < -0.4 is 21.7 Å². The van der Waals surface area contributed by atoms with E-state index in [0.29, 0.717) is 61.9 Å². The van der Waals surface area contributed by atoms with Gasteiger partial charge in [0.1, 0.15) is 0 Å². The number of rotatable bonds is 14. The Morgan fingerprint density at radius 1 is 0.870 bits per heavy atom. The minimum absolute atomic E-state index is 0.105. The molecular weight excluding hydrogens is 590 g/mol. The summed E-state index contributed by atoms with van der Waals surface area (Å²) in [4.78, 5) is 32.6. The standard InChI is InChI=1S/C33H33N7O6/c34-33(35)37-14-16-46-18-17-45-15-13-36-26-20-30-28(19-27(26)38-23-9-5-21(6-10-23)31(41)42)39-25-3-1-2-4-29(25)40(30)24-11-7-22(8-12-24)32(43)44/h1-12,19-20,38H,13-18H2,(H,41,42)(H,43,44)(H4,34,35,37)/b36-26+. The highest BCUT2D eigenvalue weighted by atomic mass is 16.5. The van der Waals surface area contributed by atoms with Gasteiger partial charge in [0.25, 0.3) is 0 Å². The molecule has 1 heterocycles. The molecule has 0 unspecified atom stereocenters. The van der Waals surface area contributed by atoms with E-state index in [4.69, 9.17) is 30.6 Å². The third-order valence-corrected chi connectivity index (χ3v) is 6.93. The van der Waals surface area contributed by atoms with Crippen LogP contribution in [0.5, 0.6) is 0 Å². The average Bonchev–Trinajstić information content (AvgIpc) is 3.05. The molecule has 1 aliphatic heterocycles. The van der Waals surface area contributed by atoms with Crippen LogP contribution in [-0.2, 0) is 9.47 Å². The Balaban J connectivity index is 1.49. The first kappa shape index (κ1) is 31.6. The summed E-state index contributed by atoms with van der Waals surface area (Å²) < 4.78 is 13.2. The summed E-state index contributed by atoms with van der Waals surface area (Å²) in [5, 5.41) is 32.5. The molecule has 0 saturated carbocycles. The van der Waals surface area contributed by atoms with Crippen molar-refractivity contribution in [2.45, 2.75) is 0 Å². The first-order valence-electron chi connectivity index (χ1n) is 14.4. The second kappa shape index (κ2) is 14.8. The molecule has 5 rings (SSSR count). The van der Waals surface area contributed by atoms with Crippen molar-refractivity contribution in [2.24, 2.45) is 10.7 Å². The largest absolute Gasteiger partial charge is 0.478 e. The minimum atomic E-state index is -1.01. The van der Waals surface area contributed by atoms with Crippen molar-refractivity contribution in [2.75, 3.05) is 44.8 Å². The highest BCUT2D eigenvalue weighted by Gasteiger charge is 2.17. The van der Waals surface area contributed by atoms with Crippen molar-refractivity contribution in [3.8, 4) is 17.1 Å². The maximum absolute atomic E-state index is 11.5. The second-order valence-electron chi connectivity index (χ2n) is 10.1. The predicted molar refractivity (Wildman–Crippen MR) is 173 cm³/mol. The molecule has 46 heavy (non-hydrogen) atoms. The molecule has 3 aromatic carbocycles. The molecule has 13 nitrogen and oxygen atoms in total. The molecule has 7 N–H and O–H groups in total. The quantitative estimate of drug-likeness (QED) is 0.0459. The Kier molecular flexibility index (Phi) is 10.2. The summed E-state index contributed by atoms with van der Waals surface area (Å²) in [5.74, 6) is -2.12. The minimum Gasteiger partial charge on any atom is -0.478 e. The second-order valence-corrected chi connectivity index (χ2v) is 10.1. The molecule has 0 bridgehead atoms. The van der Waals surface area contributed by atoms with Gasteiger partial charge < -0.3 is 40.6 Å². The fourth-order valence-electron chi connectivity index (χ4n) is 4.77. The number of anilines is 2. The van der Waals surface area contributed by atoms with Crippen molar-refractivity contribution in [1.29, 1.82) is 5.41 Å². The Bertz CT molecular complexity index is 1890. The zero-order chi connectivity index (χ0) is 32.5. The number of hydrogen-bond donors (Lipinski definition) is 6. The lowest BCUT2D eigenvalue weighted by molar-refractivity contribution is 0.0528. The summed E-state index contributed by atoms with van der Waals surface area (Å²) in [6.45, 7) is 2.28. The Hall–Kier alpha value is -5.79. The third kappa shape index (κ3) is 7.83. The van der Waals surface area contributed by atoms with Gasteiger partial charge in [-0.2, -0.15) is 0 Å². The molecule has 0 atom stereocenters. The zero-order valence-corrected chi connectivity index (χ0v) is 24.8. The predicted octanol–water partition coefficient (Wildman–Crippen LogP) is 3.69. The Labute approximate surface area is 263 Å². The highest BCUT2D eigenvalue weighted by Crippen LogP contribution is 2.30. The molecule has 0 spiro atoms. The number of aromatic carboxylic acids is 2. The Morgan fingerprint density at radius 3 is 2.20 bits per heavy atom. The maximum atomic E-state index is 11.5. The third-order valence-electron chi connectivity index (χ3n) is 6.93. The summed E-state index contributed by atoms with van der Waals surface area (Å²) >= 11 is 0. The highest BCUT2D eigenvalue weighted by molar-refractivity contribution is 5.89. The van der Waals surface area contributed by atoms with E-state index in [9.17, 15) is 19.8 Å². The first-order valence-corrected chi connectivity index (χ1v) is 14.4. The van der Waals surface area contributed by atoms with Gasteiger partial charge in [-0.15, -0.1) is 0 Å². The molecular formula is C33H33N7O6. The number of nitrogens with zero attached hydrogens (tertiary/aromatic N) is 3. The fourth-order valence-corrected chi connectivity index (χ4v) is 4.77. The van der Waals surface area contributed by atoms with E-state index in [1.54, 1.807) is 36.4 Å². The maximum Gasteiger partial charge on any atom is 0.335 e. The number of fused-ring (bicyclic) bond motifs is 2. The topological polar surface area (TPSA) is 197 Å². The van der Waals surface area contributed by atoms with E-state index in [-0.39, 0.29) is 17.1 Å². The molecule has 0 aromatic heterocycles. The number of hydrogen-bond acceptors (Lipinski definition) is 8. The summed E-state index contributed by atoms with van der Waals surface area (Å²) in [6, 6.07) is 24.5. The monoisotopic (exact) mass is 623 g/mol. The van der Waals surface area contributed by atoms with E-state index < -0.39 is 11.9 Å². The van der Waals surface area contributed by atoms with Crippen LogP contribution in [0.15, 0.2) is 89.9 Å². The van der Waals surface area contributed by atoms with Crippen LogP contribution in [-0.4, -0.2) is 77.2 Å². The number of aromatic nitrogens is 2. The van der Waals surface area contributed by atoms with Gasteiger partial charge in [-0.05, 0) is 72.8 Å². The average molecular weight is 624 g/mol. The van der Waals surface area contributed by atoms with Crippen molar-refractivity contribution < 1.29 is 29.3 Å². The van der Waals surface area contributed by atoms with E-state index in [1.807, 2.05) is 41.0 Å². The van der Waals surface area contributed by atoms with Crippen molar-refractivity contribution in [3.63, 3.8) is 0 Å². The molecule has 0 amide bonds. The van der Waals surface area contributed by atoms with Crippen LogP contribution in [0.1, 0.15) is 20.7 Å². The number of para-hydroxylation sites is 2. The summed E-state index contributed by atoms with van der Waals surface area (Å²) in [5.41, 5.74) is 10.7. The SMILES string of the molecule is N=C(N)NCCOCCOCC/N=c1\cc2n(-c3ccc(C(=O)O)cc3)c3ccccc3nc-2cc1Nc1ccc(C(=O)O)cc1. The van der Waals surface area contributed by atoms with Gasteiger partial charge >= 0.3 is 11.9 Å². The van der Waals surface area contributed by atoms with E-state index >= 15 is 0 Å². The lowest BCUT2D eigenvalue weighted by Crippen LogP contribution is -2.33. The molecule has 3 aromatic rings. The number of benzene rings is 4. The van der Waals surface area contributed by atoms with Crippen LogP contribution in [0.3, 0.4) is 0 Å². The van der Waals surface area contributed by atoms with Gasteiger partial charge in [0.2, 0.25) is 0 Å². The van der Waals surface area contributed by atoms with Crippen LogP contribution in [0.25, 0.3) is 28.1 Å². The molecule has 0 saturated heterocycles. The number of guanidine groups is 1. The van der Waals surface area contributed by atoms with Crippen LogP contribution in [0, 0.1) is 5.41 Å². The van der Waals surface area contributed by atoms with Gasteiger partial charge in [-0.1, -0.05) is 12.1 Å². The van der Waals surface area contributed by atoms with Gasteiger partial charge in [0, 0.05) is 17.9 Å². The number of nitrogens with two attached hydrogens (primary N) is 1. The molecule has 0 radical (unpaired) electrons. The lowest BCUT2D eigenvalue weighted by Gasteiger charge is -2.20. The smallest absolute Gasteiger partial charge is 0.335 e. The summed E-state index contributed by atoms with van der Waals surface area (Å²) in [6.07, 6.45) is 0. The number of carbonyl (C=O) groups is 2. The number of nitrogens with one attached hydrogen (secondary N) is 3. The first-order chi connectivity index (χ1) is 22.3. The van der Waals surface area contributed by atoms with Crippen molar-refractivity contribution >= 4 is 40.3 Å². The molecule has 236 valence electrons. The number of carboxylic acids is 2. The van der Waals surface area contributed by atoms with Gasteiger partial charge in [0.05, 0.1) is 77.6 Å². The van der Waals surface area contributed by atoms with Crippen molar-refractivity contribution in [1.82, 2.24) is 14.9 Å².